The Morgan fingerprint density at radius 2 is 2.09 bits per heavy atom. The van der Waals surface area contributed by atoms with Crippen molar-refractivity contribution in [3.8, 4) is 0 Å². The lowest BCUT2D eigenvalue weighted by Crippen LogP contribution is -2.48. The molecular formula is C17H18ClN3O. The number of aromatic nitrogens is 1. The minimum Gasteiger partial charge on any atom is -0.334 e. The smallest absolute Gasteiger partial charge is 0.272 e. The van der Waals surface area contributed by atoms with Crippen LogP contribution in [0.2, 0.25) is 5.02 Å². The van der Waals surface area contributed by atoms with Gasteiger partial charge in [-0.05, 0) is 42.3 Å². The molecule has 1 aliphatic heterocycles. The molecule has 1 atom stereocenters. The van der Waals surface area contributed by atoms with Crippen LogP contribution < -0.4 is 5.32 Å². The van der Waals surface area contributed by atoms with Crippen molar-refractivity contribution in [2.75, 3.05) is 19.6 Å². The zero-order valence-corrected chi connectivity index (χ0v) is 13.2. The summed E-state index contributed by atoms with van der Waals surface area (Å²) in [5.41, 5.74) is 2.69. The van der Waals surface area contributed by atoms with Gasteiger partial charge in [-0.1, -0.05) is 23.7 Å². The van der Waals surface area contributed by atoms with E-state index in [-0.39, 0.29) is 11.9 Å². The Kier molecular flexibility index (Phi) is 4.41. The van der Waals surface area contributed by atoms with Gasteiger partial charge in [-0.2, -0.15) is 0 Å². The molecule has 0 bridgehead atoms. The zero-order valence-electron chi connectivity index (χ0n) is 12.4. The van der Waals surface area contributed by atoms with E-state index in [1.165, 1.54) is 0 Å². The SMILES string of the molecule is Cc1ccnc(C(=O)N2CCNC(c3ccc(Cl)cc3)C2)c1. The molecule has 1 amide bonds. The number of piperazine rings is 1. The number of hydrogen-bond donors (Lipinski definition) is 1. The van der Waals surface area contributed by atoms with Crippen LogP contribution in [0, 0.1) is 6.92 Å². The maximum Gasteiger partial charge on any atom is 0.272 e. The number of rotatable bonds is 2. The normalized spacial score (nSPS) is 18.3. The van der Waals surface area contributed by atoms with E-state index in [9.17, 15) is 4.79 Å². The molecule has 1 N–H and O–H groups in total. The molecule has 1 aromatic heterocycles. The minimum atomic E-state index is -0.0100. The van der Waals surface area contributed by atoms with E-state index >= 15 is 0 Å². The molecule has 5 heteroatoms. The van der Waals surface area contributed by atoms with Crippen LogP contribution in [-0.4, -0.2) is 35.4 Å². The van der Waals surface area contributed by atoms with Crippen molar-refractivity contribution in [2.24, 2.45) is 0 Å². The van der Waals surface area contributed by atoms with Crippen LogP contribution in [0.25, 0.3) is 0 Å². The van der Waals surface area contributed by atoms with Crippen molar-refractivity contribution in [1.82, 2.24) is 15.2 Å². The first-order valence-corrected chi connectivity index (χ1v) is 7.72. The summed E-state index contributed by atoms with van der Waals surface area (Å²) in [5, 5.41) is 4.16. The Balaban J connectivity index is 1.75. The third kappa shape index (κ3) is 3.29. The van der Waals surface area contributed by atoms with Crippen molar-refractivity contribution >= 4 is 17.5 Å². The van der Waals surface area contributed by atoms with Gasteiger partial charge in [0.25, 0.3) is 5.91 Å². The highest BCUT2D eigenvalue weighted by atomic mass is 35.5. The largest absolute Gasteiger partial charge is 0.334 e. The summed E-state index contributed by atoms with van der Waals surface area (Å²) < 4.78 is 0. The van der Waals surface area contributed by atoms with Crippen molar-refractivity contribution in [3.05, 3.63) is 64.4 Å². The number of halogens is 1. The van der Waals surface area contributed by atoms with Gasteiger partial charge in [0.15, 0.2) is 0 Å². The van der Waals surface area contributed by atoms with E-state index in [1.807, 2.05) is 48.2 Å². The van der Waals surface area contributed by atoms with E-state index in [0.717, 1.165) is 22.7 Å². The third-order valence-corrected chi connectivity index (χ3v) is 4.12. The molecule has 0 spiro atoms. The fourth-order valence-electron chi connectivity index (χ4n) is 2.67. The fraction of sp³-hybridized carbons (Fsp3) is 0.294. The number of benzene rings is 1. The molecule has 4 nitrogen and oxygen atoms in total. The molecule has 1 fully saturated rings. The van der Waals surface area contributed by atoms with Gasteiger partial charge in [0.05, 0.1) is 0 Å². The lowest BCUT2D eigenvalue weighted by Gasteiger charge is -2.34. The van der Waals surface area contributed by atoms with Crippen LogP contribution >= 0.6 is 11.6 Å². The molecule has 1 aromatic carbocycles. The van der Waals surface area contributed by atoms with Gasteiger partial charge in [-0.15, -0.1) is 0 Å². The zero-order chi connectivity index (χ0) is 15.5. The maximum absolute atomic E-state index is 12.6. The number of aryl methyl sites for hydroxylation is 1. The molecule has 3 rings (SSSR count). The van der Waals surface area contributed by atoms with Gasteiger partial charge in [-0.25, -0.2) is 0 Å². The molecule has 1 aliphatic rings. The number of amides is 1. The minimum absolute atomic E-state index is 0.0100. The van der Waals surface area contributed by atoms with Crippen LogP contribution in [0.3, 0.4) is 0 Å². The summed E-state index contributed by atoms with van der Waals surface area (Å²) in [6.07, 6.45) is 1.68. The van der Waals surface area contributed by atoms with E-state index in [0.29, 0.717) is 18.8 Å². The van der Waals surface area contributed by atoms with Gasteiger partial charge in [-0.3, -0.25) is 9.78 Å². The van der Waals surface area contributed by atoms with Crippen LogP contribution in [0.4, 0.5) is 0 Å². The number of hydrogen-bond acceptors (Lipinski definition) is 3. The van der Waals surface area contributed by atoms with Crippen molar-refractivity contribution < 1.29 is 4.79 Å². The Bertz CT molecular complexity index is 672. The van der Waals surface area contributed by atoms with Crippen molar-refractivity contribution in [2.45, 2.75) is 13.0 Å². The van der Waals surface area contributed by atoms with Crippen LogP contribution in [0.1, 0.15) is 27.7 Å². The second kappa shape index (κ2) is 6.46. The molecular weight excluding hydrogens is 298 g/mol. The highest BCUT2D eigenvalue weighted by Crippen LogP contribution is 2.20. The number of pyridine rings is 1. The third-order valence-electron chi connectivity index (χ3n) is 3.87. The van der Waals surface area contributed by atoms with Crippen molar-refractivity contribution in [1.29, 1.82) is 0 Å². The average molecular weight is 316 g/mol. The molecule has 0 saturated carbocycles. The maximum atomic E-state index is 12.6. The Labute approximate surface area is 135 Å². The predicted octanol–water partition coefficient (Wildman–Crippen LogP) is 2.83. The first kappa shape index (κ1) is 15.0. The Morgan fingerprint density at radius 3 is 2.82 bits per heavy atom. The molecule has 1 unspecified atom stereocenters. The molecule has 114 valence electrons. The van der Waals surface area contributed by atoms with Crippen LogP contribution in [0.15, 0.2) is 42.6 Å². The molecule has 2 aromatic rings. The summed E-state index contributed by atoms with van der Waals surface area (Å²) in [4.78, 5) is 18.7. The van der Waals surface area contributed by atoms with Crippen LogP contribution in [-0.2, 0) is 0 Å². The summed E-state index contributed by atoms with van der Waals surface area (Å²) in [6.45, 7) is 4.06. The summed E-state index contributed by atoms with van der Waals surface area (Å²) in [5.74, 6) is -0.0100. The van der Waals surface area contributed by atoms with Crippen LogP contribution in [0.5, 0.6) is 0 Å². The first-order chi connectivity index (χ1) is 10.6. The van der Waals surface area contributed by atoms with Crippen molar-refractivity contribution in [3.63, 3.8) is 0 Å². The molecule has 22 heavy (non-hydrogen) atoms. The second-order valence-electron chi connectivity index (χ2n) is 5.53. The number of carbonyl (C=O) groups is 1. The van der Waals surface area contributed by atoms with Gasteiger partial charge >= 0.3 is 0 Å². The number of nitrogens with zero attached hydrogens (tertiary/aromatic N) is 2. The second-order valence-corrected chi connectivity index (χ2v) is 5.96. The van der Waals surface area contributed by atoms with E-state index < -0.39 is 0 Å². The Morgan fingerprint density at radius 1 is 1.32 bits per heavy atom. The van der Waals surface area contributed by atoms with Gasteiger partial charge in [0, 0.05) is 36.9 Å². The highest BCUT2D eigenvalue weighted by molar-refractivity contribution is 6.30. The number of nitrogens with one attached hydrogen (secondary N) is 1. The van der Waals surface area contributed by atoms with E-state index in [2.05, 4.69) is 10.3 Å². The summed E-state index contributed by atoms with van der Waals surface area (Å²) >= 11 is 5.93. The van der Waals surface area contributed by atoms with Gasteiger partial charge in [0.2, 0.25) is 0 Å². The molecule has 0 aliphatic carbocycles. The lowest BCUT2D eigenvalue weighted by molar-refractivity contribution is 0.0697. The van der Waals surface area contributed by atoms with Gasteiger partial charge in [0.1, 0.15) is 5.69 Å². The molecule has 1 saturated heterocycles. The fourth-order valence-corrected chi connectivity index (χ4v) is 2.79. The Hall–Kier alpha value is -1.91. The molecule has 2 heterocycles. The quantitative estimate of drug-likeness (QED) is 0.927. The summed E-state index contributed by atoms with van der Waals surface area (Å²) in [6, 6.07) is 11.6. The van der Waals surface area contributed by atoms with E-state index in [1.54, 1.807) is 6.20 Å². The highest BCUT2D eigenvalue weighted by Gasteiger charge is 2.25. The number of carbonyl (C=O) groups excluding carboxylic acids is 1. The topological polar surface area (TPSA) is 45.2 Å². The predicted molar refractivity (Wildman–Crippen MR) is 87.1 cm³/mol. The first-order valence-electron chi connectivity index (χ1n) is 7.34. The molecule has 0 radical (unpaired) electrons. The standard InChI is InChI=1S/C17H18ClN3O/c1-12-6-7-19-15(10-12)17(22)21-9-8-20-16(11-21)13-2-4-14(18)5-3-13/h2-7,10,16,20H,8-9,11H2,1H3. The lowest BCUT2D eigenvalue weighted by atomic mass is 10.0. The monoisotopic (exact) mass is 315 g/mol. The average Bonchev–Trinajstić information content (AvgIpc) is 2.55. The summed E-state index contributed by atoms with van der Waals surface area (Å²) in [7, 11) is 0. The van der Waals surface area contributed by atoms with E-state index in [4.69, 9.17) is 11.6 Å². The van der Waals surface area contributed by atoms with Gasteiger partial charge < -0.3 is 10.2 Å².